The largest absolute Gasteiger partial charge is 0.478 e. The minimum absolute atomic E-state index is 0.0985. The van der Waals surface area contributed by atoms with Gasteiger partial charge in [0.1, 0.15) is 0 Å². The molecule has 0 saturated carbocycles. The Morgan fingerprint density at radius 2 is 1.86 bits per heavy atom. The molecule has 1 N–H and O–H groups in total. The normalized spacial score (nSPS) is 16.9. The van der Waals surface area contributed by atoms with Crippen molar-refractivity contribution >= 4 is 51.3 Å². The molecule has 0 aliphatic carbocycles. The van der Waals surface area contributed by atoms with Crippen LogP contribution in [0.1, 0.15) is 22.8 Å². The van der Waals surface area contributed by atoms with Crippen molar-refractivity contribution in [2.24, 2.45) is 4.99 Å². The second kappa shape index (κ2) is 7.93. The van der Waals surface area contributed by atoms with Gasteiger partial charge in [-0.25, -0.2) is 9.79 Å². The van der Waals surface area contributed by atoms with Crippen LogP contribution in [0.15, 0.2) is 76.6 Å². The molecule has 0 spiro atoms. The van der Waals surface area contributed by atoms with Gasteiger partial charge in [0.15, 0.2) is 5.17 Å². The van der Waals surface area contributed by atoms with E-state index in [0.717, 1.165) is 16.3 Å². The molecule has 5 nitrogen and oxygen atoms in total. The van der Waals surface area contributed by atoms with Gasteiger partial charge in [0.25, 0.3) is 5.91 Å². The van der Waals surface area contributed by atoms with E-state index in [0.29, 0.717) is 22.3 Å². The van der Waals surface area contributed by atoms with Crippen molar-refractivity contribution in [3.8, 4) is 0 Å². The van der Waals surface area contributed by atoms with Crippen molar-refractivity contribution in [2.45, 2.75) is 6.92 Å². The Morgan fingerprint density at radius 1 is 1.10 bits per heavy atom. The van der Waals surface area contributed by atoms with E-state index in [2.05, 4.69) is 4.99 Å². The molecule has 0 unspecified atom stereocenters. The maximum absolute atomic E-state index is 12.9. The lowest BCUT2D eigenvalue weighted by Crippen LogP contribution is -2.28. The summed E-state index contributed by atoms with van der Waals surface area (Å²) in [4.78, 5) is 30.9. The Bertz CT molecular complexity index is 1180. The molecule has 6 heteroatoms. The maximum Gasteiger partial charge on any atom is 0.335 e. The number of hydrogen-bond acceptors (Lipinski definition) is 4. The molecule has 4 rings (SSSR count). The number of fused-ring (bicyclic) bond motifs is 1. The minimum atomic E-state index is -1.01. The fraction of sp³-hybridized carbons (Fsp3) is 0.0870. The highest BCUT2D eigenvalue weighted by Gasteiger charge is 2.32. The third kappa shape index (κ3) is 3.79. The summed E-state index contributed by atoms with van der Waals surface area (Å²) >= 11 is 1.30. The van der Waals surface area contributed by atoms with Gasteiger partial charge in [0.05, 0.1) is 16.2 Å². The monoisotopic (exact) mass is 402 g/mol. The summed E-state index contributed by atoms with van der Waals surface area (Å²) in [5, 5.41) is 11.9. The number of carboxylic acids is 1. The lowest BCUT2D eigenvalue weighted by Gasteiger charge is -2.12. The van der Waals surface area contributed by atoms with Gasteiger partial charge < -0.3 is 5.11 Å². The van der Waals surface area contributed by atoms with Crippen molar-refractivity contribution in [1.29, 1.82) is 0 Å². The van der Waals surface area contributed by atoms with Crippen LogP contribution in [0.3, 0.4) is 0 Å². The fourth-order valence-corrected chi connectivity index (χ4v) is 4.26. The zero-order chi connectivity index (χ0) is 20.4. The summed E-state index contributed by atoms with van der Waals surface area (Å²) in [6.07, 6.45) is 1.90. The first kappa shape index (κ1) is 19.0. The third-order valence-electron chi connectivity index (χ3n) is 4.63. The van der Waals surface area contributed by atoms with Gasteiger partial charge in [-0.3, -0.25) is 9.69 Å². The molecule has 1 amide bonds. The molecule has 0 aromatic heterocycles. The molecule has 3 aromatic rings. The molecule has 1 aliphatic heterocycles. The molecule has 1 aliphatic rings. The van der Waals surface area contributed by atoms with Crippen molar-refractivity contribution in [3.63, 3.8) is 0 Å². The number of aromatic carboxylic acids is 1. The van der Waals surface area contributed by atoms with Crippen LogP contribution in [0.2, 0.25) is 0 Å². The van der Waals surface area contributed by atoms with Gasteiger partial charge >= 0.3 is 5.97 Å². The van der Waals surface area contributed by atoms with Crippen molar-refractivity contribution < 1.29 is 14.7 Å². The second-order valence-corrected chi connectivity index (χ2v) is 7.49. The van der Waals surface area contributed by atoms with E-state index >= 15 is 0 Å². The van der Waals surface area contributed by atoms with Crippen LogP contribution in [-0.4, -0.2) is 33.6 Å². The number of carbonyl (C=O) groups excluding carboxylic acids is 1. The van der Waals surface area contributed by atoms with E-state index in [-0.39, 0.29) is 11.5 Å². The zero-order valence-corrected chi connectivity index (χ0v) is 16.5. The highest BCUT2D eigenvalue weighted by atomic mass is 32.2. The van der Waals surface area contributed by atoms with Crippen molar-refractivity contribution in [2.75, 3.05) is 6.54 Å². The Kier molecular flexibility index (Phi) is 5.18. The SMILES string of the molecule is CCN1C(=O)/C(=C/c2cccc3ccccc23)SC1=Nc1cccc(C(=O)O)c1. The van der Waals surface area contributed by atoms with E-state index < -0.39 is 5.97 Å². The summed E-state index contributed by atoms with van der Waals surface area (Å²) in [6.45, 7) is 2.37. The molecule has 29 heavy (non-hydrogen) atoms. The number of benzene rings is 3. The number of thioether (sulfide) groups is 1. The van der Waals surface area contributed by atoms with E-state index in [1.54, 1.807) is 17.0 Å². The smallest absolute Gasteiger partial charge is 0.335 e. The Labute approximate surface area is 172 Å². The quantitative estimate of drug-likeness (QED) is 0.612. The topological polar surface area (TPSA) is 70.0 Å². The Hall–Kier alpha value is -3.38. The molecular formula is C23H18N2O3S. The molecule has 1 saturated heterocycles. The van der Waals surface area contributed by atoms with Gasteiger partial charge in [0, 0.05) is 6.54 Å². The van der Waals surface area contributed by atoms with E-state index in [9.17, 15) is 14.7 Å². The molecule has 1 fully saturated rings. The van der Waals surface area contributed by atoms with Gasteiger partial charge in [-0.1, -0.05) is 48.5 Å². The third-order valence-corrected chi connectivity index (χ3v) is 5.64. The lowest BCUT2D eigenvalue weighted by molar-refractivity contribution is -0.122. The minimum Gasteiger partial charge on any atom is -0.478 e. The van der Waals surface area contributed by atoms with E-state index in [1.165, 1.54) is 23.9 Å². The molecule has 144 valence electrons. The predicted molar refractivity (Wildman–Crippen MR) is 117 cm³/mol. The molecule has 0 bridgehead atoms. The first-order valence-electron chi connectivity index (χ1n) is 9.18. The van der Waals surface area contributed by atoms with Crippen LogP contribution >= 0.6 is 11.8 Å². The first-order chi connectivity index (χ1) is 14.1. The molecular weight excluding hydrogens is 384 g/mol. The number of carbonyl (C=O) groups is 2. The fourth-order valence-electron chi connectivity index (χ4n) is 3.21. The van der Waals surface area contributed by atoms with E-state index in [1.807, 2.05) is 55.5 Å². The number of hydrogen-bond donors (Lipinski definition) is 1. The first-order valence-corrected chi connectivity index (χ1v) is 9.99. The average molecular weight is 402 g/mol. The lowest BCUT2D eigenvalue weighted by atomic mass is 10.0. The number of likely N-dealkylation sites (N-methyl/N-ethyl adjacent to an activating group) is 1. The number of amides is 1. The standard InChI is InChI=1S/C23H18N2O3S/c1-2-25-21(26)20(14-16-9-5-8-15-7-3-4-12-19(15)16)29-23(25)24-18-11-6-10-17(13-18)22(27)28/h3-14H,2H2,1H3,(H,27,28)/b20-14-,24-23?. The number of carboxylic acid groups (broad SMARTS) is 1. The van der Waals surface area contributed by atoms with Gasteiger partial charge in [-0.05, 0) is 59.3 Å². The highest BCUT2D eigenvalue weighted by molar-refractivity contribution is 8.18. The highest BCUT2D eigenvalue weighted by Crippen LogP contribution is 2.35. The number of aliphatic imine (C=N–C) groups is 1. The maximum atomic E-state index is 12.9. The molecule has 1 heterocycles. The van der Waals surface area contributed by atoms with Crippen LogP contribution in [0.25, 0.3) is 16.8 Å². The molecule has 0 atom stereocenters. The average Bonchev–Trinajstić information content (AvgIpc) is 3.02. The summed E-state index contributed by atoms with van der Waals surface area (Å²) in [7, 11) is 0. The van der Waals surface area contributed by atoms with Gasteiger partial charge in [-0.2, -0.15) is 0 Å². The molecule has 0 radical (unpaired) electrons. The van der Waals surface area contributed by atoms with Crippen LogP contribution in [-0.2, 0) is 4.79 Å². The second-order valence-electron chi connectivity index (χ2n) is 6.48. The van der Waals surface area contributed by atoms with Crippen molar-refractivity contribution in [1.82, 2.24) is 4.90 Å². The van der Waals surface area contributed by atoms with Gasteiger partial charge in [-0.15, -0.1) is 0 Å². The number of nitrogens with zero attached hydrogens (tertiary/aromatic N) is 2. The number of rotatable bonds is 4. The van der Waals surface area contributed by atoms with Crippen LogP contribution in [0, 0.1) is 0 Å². The van der Waals surface area contributed by atoms with Crippen LogP contribution < -0.4 is 0 Å². The summed E-state index contributed by atoms with van der Waals surface area (Å²) in [5.41, 5.74) is 1.64. The Morgan fingerprint density at radius 3 is 2.66 bits per heavy atom. The van der Waals surface area contributed by atoms with Gasteiger partial charge in [0.2, 0.25) is 0 Å². The van der Waals surface area contributed by atoms with Crippen LogP contribution in [0.4, 0.5) is 5.69 Å². The number of amidine groups is 1. The Balaban J connectivity index is 1.72. The van der Waals surface area contributed by atoms with E-state index in [4.69, 9.17) is 0 Å². The predicted octanol–water partition coefficient (Wildman–Crippen LogP) is 5.16. The summed E-state index contributed by atoms with van der Waals surface area (Å²) in [6, 6.07) is 20.5. The van der Waals surface area contributed by atoms with Crippen LogP contribution in [0.5, 0.6) is 0 Å². The zero-order valence-electron chi connectivity index (χ0n) is 15.7. The van der Waals surface area contributed by atoms with Crippen molar-refractivity contribution in [3.05, 3.63) is 82.8 Å². The molecule has 3 aromatic carbocycles. The summed E-state index contributed by atoms with van der Waals surface area (Å²) in [5.74, 6) is -1.11. The summed E-state index contributed by atoms with van der Waals surface area (Å²) < 4.78 is 0.